The predicted molar refractivity (Wildman–Crippen MR) is 77.5 cm³/mol. The molecule has 0 saturated heterocycles. The van der Waals surface area contributed by atoms with Crippen molar-refractivity contribution in [2.24, 2.45) is 0 Å². The maximum Gasteiger partial charge on any atom is 0.269 e. The summed E-state index contributed by atoms with van der Waals surface area (Å²) in [6.07, 6.45) is 2.76. The number of halogens is 1. The van der Waals surface area contributed by atoms with E-state index in [4.69, 9.17) is 4.42 Å². The lowest BCUT2D eigenvalue weighted by molar-refractivity contribution is -0.117. The third kappa shape index (κ3) is 4.10. The van der Waals surface area contributed by atoms with Crippen molar-refractivity contribution in [1.29, 1.82) is 0 Å². The molecule has 2 N–H and O–H groups in total. The zero-order chi connectivity index (χ0) is 14.4. The lowest BCUT2D eigenvalue weighted by atomic mass is 10.2. The number of rotatable bonds is 3. The van der Waals surface area contributed by atoms with Crippen molar-refractivity contribution in [3.8, 4) is 0 Å². The van der Waals surface area contributed by atoms with Gasteiger partial charge in [0.15, 0.2) is 4.67 Å². The Balaban J connectivity index is 1.83. The molecule has 0 saturated carbocycles. The number of hydrogen-bond acceptors (Lipinski definition) is 3. The molecule has 0 aliphatic carbocycles. The van der Waals surface area contributed by atoms with Crippen molar-refractivity contribution >= 4 is 33.8 Å². The molecule has 20 heavy (non-hydrogen) atoms. The summed E-state index contributed by atoms with van der Waals surface area (Å²) < 4.78 is 5.77. The van der Waals surface area contributed by atoms with Gasteiger partial charge >= 0.3 is 0 Å². The number of carbonyl (C=O) groups is 2. The van der Waals surface area contributed by atoms with Crippen molar-refractivity contribution in [3.63, 3.8) is 0 Å². The number of carbonyl (C=O) groups excluding carboxylic acids is 2. The van der Waals surface area contributed by atoms with Crippen LogP contribution in [0.3, 0.4) is 0 Å². The summed E-state index contributed by atoms with van der Waals surface area (Å²) in [5, 5.41) is 0. The molecule has 0 atom stereocenters. The van der Waals surface area contributed by atoms with E-state index in [-0.39, 0.29) is 5.91 Å². The molecule has 0 fully saturated rings. The Morgan fingerprint density at radius 3 is 2.45 bits per heavy atom. The van der Waals surface area contributed by atoms with Gasteiger partial charge in [0.2, 0.25) is 0 Å². The summed E-state index contributed by atoms with van der Waals surface area (Å²) in [5.41, 5.74) is 5.05. The fourth-order valence-corrected chi connectivity index (χ4v) is 1.72. The van der Waals surface area contributed by atoms with E-state index in [9.17, 15) is 9.59 Å². The van der Waals surface area contributed by atoms with Gasteiger partial charge in [0.25, 0.3) is 11.8 Å². The van der Waals surface area contributed by atoms with Crippen molar-refractivity contribution in [2.45, 2.75) is 0 Å². The SMILES string of the molecule is O=C(/C=C/c1ccc(Br)o1)NNC(=O)c1ccccc1. The Hall–Kier alpha value is -2.34. The number of amides is 2. The van der Waals surface area contributed by atoms with Gasteiger partial charge in [0, 0.05) is 11.6 Å². The van der Waals surface area contributed by atoms with E-state index in [1.165, 1.54) is 12.2 Å². The molecular weight excluding hydrogens is 324 g/mol. The van der Waals surface area contributed by atoms with Gasteiger partial charge in [-0.2, -0.15) is 0 Å². The van der Waals surface area contributed by atoms with E-state index in [0.717, 1.165) is 0 Å². The van der Waals surface area contributed by atoms with Crippen LogP contribution in [0.25, 0.3) is 6.08 Å². The molecule has 2 rings (SSSR count). The maximum absolute atomic E-state index is 11.7. The fourth-order valence-electron chi connectivity index (χ4n) is 1.40. The highest BCUT2D eigenvalue weighted by Gasteiger charge is 2.04. The molecule has 0 radical (unpaired) electrons. The van der Waals surface area contributed by atoms with E-state index in [1.54, 1.807) is 42.5 Å². The summed E-state index contributed by atoms with van der Waals surface area (Å²) in [6.45, 7) is 0. The minimum Gasteiger partial charge on any atom is -0.450 e. The standard InChI is InChI=1S/C14H11BrN2O3/c15-12-8-6-11(20-12)7-9-13(18)16-17-14(19)10-4-2-1-3-5-10/h1-9H,(H,16,18)(H,17,19)/b9-7+. The van der Waals surface area contributed by atoms with Crippen molar-refractivity contribution in [1.82, 2.24) is 10.9 Å². The highest BCUT2D eigenvalue weighted by molar-refractivity contribution is 9.10. The molecule has 0 aliphatic heterocycles. The lowest BCUT2D eigenvalue weighted by Gasteiger charge is -2.04. The highest BCUT2D eigenvalue weighted by atomic mass is 79.9. The molecule has 1 heterocycles. The van der Waals surface area contributed by atoms with E-state index >= 15 is 0 Å². The van der Waals surface area contributed by atoms with Crippen LogP contribution in [0.5, 0.6) is 0 Å². The first-order valence-corrected chi connectivity index (χ1v) is 6.53. The van der Waals surface area contributed by atoms with Crippen LogP contribution in [0.4, 0.5) is 0 Å². The van der Waals surface area contributed by atoms with Crippen LogP contribution >= 0.6 is 15.9 Å². The molecule has 102 valence electrons. The van der Waals surface area contributed by atoms with Crippen molar-refractivity contribution in [3.05, 3.63) is 64.5 Å². The van der Waals surface area contributed by atoms with Crippen LogP contribution in [-0.4, -0.2) is 11.8 Å². The van der Waals surface area contributed by atoms with Crippen LogP contribution in [0.15, 0.2) is 57.6 Å². The van der Waals surface area contributed by atoms with Crippen LogP contribution in [0.2, 0.25) is 0 Å². The van der Waals surface area contributed by atoms with Gasteiger partial charge in [0.05, 0.1) is 0 Å². The first kappa shape index (κ1) is 14.1. The number of benzene rings is 1. The normalized spacial score (nSPS) is 10.4. The number of hydrogen-bond donors (Lipinski definition) is 2. The summed E-state index contributed by atoms with van der Waals surface area (Å²) >= 11 is 3.16. The van der Waals surface area contributed by atoms with Crippen molar-refractivity contribution in [2.75, 3.05) is 0 Å². The fraction of sp³-hybridized carbons (Fsp3) is 0. The second-order valence-electron chi connectivity index (χ2n) is 3.78. The van der Waals surface area contributed by atoms with Crippen LogP contribution < -0.4 is 10.9 Å². The Morgan fingerprint density at radius 1 is 1.05 bits per heavy atom. The smallest absolute Gasteiger partial charge is 0.269 e. The Bertz CT molecular complexity index is 635. The predicted octanol–water partition coefficient (Wildman–Crippen LogP) is 2.52. The Morgan fingerprint density at radius 2 is 1.80 bits per heavy atom. The quantitative estimate of drug-likeness (QED) is 0.669. The molecule has 2 aromatic rings. The van der Waals surface area contributed by atoms with Crippen LogP contribution in [0, 0.1) is 0 Å². The Labute approximate surface area is 123 Å². The molecule has 1 aromatic carbocycles. The molecule has 0 spiro atoms. The summed E-state index contributed by atoms with van der Waals surface area (Å²) in [6, 6.07) is 12.0. The zero-order valence-corrected chi connectivity index (χ0v) is 11.9. The first-order chi connectivity index (χ1) is 9.65. The van der Waals surface area contributed by atoms with Gasteiger partial charge in [-0.1, -0.05) is 18.2 Å². The molecular formula is C14H11BrN2O3. The van der Waals surface area contributed by atoms with E-state index in [2.05, 4.69) is 26.8 Å². The van der Waals surface area contributed by atoms with Gasteiger partial charge in [-0.15, -0.1) is 0 Å². The van der Waals surface area contributed by atoms with Gasteiger partial charge in [0.1, 0.15) is 5.76 Å². The summed E-state index contributed by atoms with van der Waals surface area (Å²) in [5.74, 6) is -0.309. The molecule has 0 aliphatic rings. The summed E-state index contributed by atoms with van der Waals surface area (Å²) in [4.78, 5) is 23.1. The monoisotopic (exact) mass is 334 g/mol. The first-order valence-electron chi connectivity index (χ1n) is 5.74. The summed E-state index contributed by atoms with van der Waals surface area (Å²) in [7, 11) is 0. The molecule has 1 aromatic heterocycles. The topological polar surface area (TPSA) is 71.3 Å². The van der Waals surface area contributed by atoms with Gasteiger partial charge < -0.3 is 4.42 Å². The van der Waals surface area contributed by atoms with Gasteiger partial charge in [-0.25, -0.2) is 0 Å². The van der Waals surface area contributed by atoms with Crippen LogP contribution in [0.1, 0.15) is 16.1 Å². The maximum atomic E-state index is 11.7. The number of nitrogens with one attached hydrogen (secondary N) is 2. The minimum absolute atomic E-state index is 0.381. The van der Waals surface area contributed by atoms with Crippen molar-refractivity contribution < 1.29 is 14.0 Å². The zero-order valence-electron chi connectivity index (χ0n) is 10.3. The Kier molecular flexibility index (Phi) is 4.73. The second kappa shape index (κ2) is 6.72. The average Bonchev–Trinajstić information content (AvgIpc) is 2.89. The van der Waals surface area contributed by atoms with E-state index in [0.29, 0.717) is 16.0 Å². The van der Waals surface area contributed by atoms with E-state index < -0.39 is 5.91 Å². The number of furan rings is 1. The lowest BCUT2D eigenvalue weighted by Crippen LogP contribution is -2.40. The average molecular weight is 335 g/mol. The highest BCUT2D eigenvalue weighted by Crippen LogP contribution is 2.14. The molecule has 5 nitrogen and oxygen atoms in total. The van der Waals surface area contributed by atoms with Crippen LogP contribution in [-0.2, 0) is 4.79 Å². The third-order valence-corrected chi connectivity index (χ3v) is 2.75. The molecule has 0 unspecified atom stereocenters. The minimum atomic E-state index is -0.457. The number of hydrazine groups is 1. The molecule has 6 heteroatoms. The van der Waals surface area contributed by atoms with Gasteiger partial charge in [-0.3, -0.25) is 20.4 Å². The third-order valence-electron chi connectivity index (χ3n) is 2.33. The van der Waals surface area contributed by atoms with E-state index in [1.807, 2.05) is 0 Å². The molecule has 0 bridgehead atoms. The largest absolute Gasteiger partial charge is 0.450 e. The molecule has 2 amide bonds. The second-order valence-corrected chi connectivity index (χ2v) is 4.57. The van der Waals surface area contributed by atoms with Gasteiger partial charge in [-0.05, 0) is 46.3 Å².